The Labute approximate surface area is 107 Å². The van der Waals surface area contributed by atoms with Crippen molar-refractivity contribution in [2.45, 2.75) is 45.3 Å². The number of amides is 2. The molecule has 1 heterocycles. The van der Waals surface area contributed by atoms with Crippen LogP contribution in [0.2, 0.25) is 0 Å². The van der Waals surface area contributed by atoms with E-state index < -0.39 is 11.5 Å². The molecule has 2 amide bonds. The quantitative estimate of drug-likeness (QED) is 0.765. The first kappa shape index (κ1) is 14.8. The van der Waals surface area contributed by atoms with Gasteiger partial charge >= 0.3 is 12.0 Å². The Morgan fingerprint density at radius 2 is 1.78 bits per heavy atom. The summed E-state index contributed by atoms with van der Waals surface area (Å²) in [4.78, 5) is 26.1. The summed E-state index contributed by atoms with van der Waals surface area (Å²) < 4.78 is 0. The molecule has 104 valence electrons. The predicted molar refractivity (Wildman–Crippen MR) is 66.3 cm³/mol. The maximum atomic E-state index is 12.3. The van der Waals surface area contributed by atoms with Crippen LogP contribution in [-0.2, 0) is 4.79 Å². The number of piperidine rings is 1. The summed E-state index contributed by atoms with van der Waals surface area (Å²) >= 11 is 0. The molecule has 1 rings (SSSR count). The van der Waals surface area contributed by atoms with E-state index >= 15 is 0 Å². The van der Waals surface area contributed by atoms with Gasteiger partial charge in [0.25, 0.3) is 0 Å². The second kappa shape index (κ2) is 5.56. The van der Waals surface area contributed by atoms with Crippen LogP contribution in [0.15, 0.2) is 0 Å². The summed E-state index contributed by atoms with van der Waals surface area (Å²) in [6, 6.07) is -0.267. The van der Waals surface area contributed by atoms with Gasteiger partial charge in [0.05, 0.1) is 6.10 Å². The molecule has 0 saturated carbocycles. The summed E-state index contributed by atoms with van der Waals surface area (Å²) in [5.74, 6) is -1.02. The molecular formula is C12H22N2O4. The van der Waals surface area contributed by atoms with Crippen LogP contribution in [0.5, 0.6) is 0 Å². The number of aliphatic hydroxyl groups is 1. The summed E-state index contributed by atoms with van der Waals surface area (Å²) in [7, 11) is 0. The van der Waals surface area contributed by atoms with Gasteiger partial charge in [-0.2, -0.15) is 0 Å². The van der Waals surface area contributed by atoms with E-state index in [9.17, 15) is 14.7 Å². The average Bonchev–Trinajstić information content (AvgIpc) is 2.24. The first-order chi connectivity index (χ1) is 8.21. The predicted octanol–water partition coefficient (Wildman–Crippen LogP) is 0.748. The van der Waals surface area contributed by atoms with Gasteiger partial charge in [-0.15, -0.1) is 0 Å². The van der Waals surface area contributed by atoms with Crippen molar-refractivity contribution in [2.24, 2.45) is 0 Å². The molecule has 0 aliphatic carbocycles. The van der Waals surface area contributed by atoms with E-state index in [4.69, 9.17) is 5.11 Å². The maximum Gasteiger partial charge on any atom is 0.323 e. The molecule has 1 aliphatic rings. The summed E-state index contributed by atoms with van der Waals surface area (Å²) in [6.07, 6.45) is 0.754. The Morgan fingerprint density at radius 1 is 1.28 bits per heavy atom. The number of carbonyl (C=O) groups is 2. The molecule has 18 heavy (non-hydrogen) atoms. The van der Waals surface area contributed by atoms with Crippen molar-refractivity contribution >= 4 is 12.0 Å². The third-order valence-corrected chi connectivity index (χ3v) is 3.07. The topological polar surface area (TPSA) is 81.1 Å². The molecule has 1 saturated heterocycles. The number of carboxylic acids is 1. The van der Waals surface area contributed by atoms with Crippen LogP contribution in [0.4, 0.5) is 4.79 Å². The van der Waals surface area contributed by atoms with E-state index in [2.05, 4.69) is 0 Å². The highest BCUT2D eigenvalue weighted by Crippen LogP contribution is 2.18. The van der Waals surface area contributed by atoms with E-state index in [1.54, 1.807) is 4.90 Å². The highest BCUT2D eigenvalue weighted by atomic mass is 16.4. The fourth-order valence-corrected chi connectivity index (χ4v) is 1.95. The lowest BCUT2D eigenvalue weighted by atomic mass is 10.1. The molecule has 1 fully saturated rings. The fourth-order valence-electron chi connectivity index (χ4n) is 1.95. The van der Waals surface area contributed by atoms with Crippen LogP contribution >= 0.6 is 0 Å². The molecule has 0 unspecified atom stereocenters. The Balaban J connectivity index is 2.73. The van der Waals surface area contributed by atoms with E-state index in [0.717, 1.165) is 0 Å². The lowest BCUT2D eigenvalue weighted by Gasteiger charge is -2.40. The minimum Gasteiger partial charge on any atom is -0.480 e. The molecule has 2 N–H and O–H groups in total. The molecule has 6 heteroatoms. The lowest BCUT2D eigenvalue weighted by molar-refractivity contribution is -0.138. The second-order valence-electron chi connectivity index (χ2n) is 5.65. The van der Waals surface area contributed by atoms with Crippen molar-refractivity contribution in [3.63, 3.8) is 0 Å². The normalized spacial score (nSPS) is 17.7. The molecule has 0 atom stereocenters. The minimum absolute atomic E-state index is 0.267. The molecule has 0 aromatic carbocycles. The molecule has 0 aromatic heterocycles. The van der Waals surface area contributed by atoms with Crippen molar-refractivity contribution < 1.29 is 19.8 Å². The second-order valence-corrected chi connectivity index (χ2v) is 5.65. The molecule has 0 spiro atoms. The largest absolute Gasteiger partial charge is 0.480 e. The van der Waals surface area contributed by atoms with Crippen LogP contribution in [-0.4, -0.2) is 63.3 Å². The number of aliphatic hydroxyl groups excluding tert-OH is 1. The highest BCUT2D eigenvalue weighted by molar-refractivity contribution is 5.81. The number of nitrogens with zero attached hydrogens (tertiary/aromatic N) is 2. The number of aliphatic carboxylic acids is 1. The van der Waals surface area contributed by atoms with Gasteiger partial charge < -0.3 is 20.0 Å². The van der Waals surface area contributed by atoms with Crippen LogP contribution in [0, 0.1) is 0 Å². The van der Waals surface area contributed by atoms with Gasteiger partial charge in [0, 0.05) is 18.6 Å². The van der Waals surface area contributed by atoms with Crippen molar-refractivity contribution in [1.82, 2.24) is 9.80 Å². The average molecular weight is 258 g/mol. The fraction of sp³-hybridized carbons (Fsp3) is 0.833. The smallest absolute Gasteiger partial charge is 0.323 e. The number of carbonyl (C=O) groups excluding carboxylic acids is 1. The Kier molecular flexibility index (Phi) is 4.56. The molecular weight excluding hydrogens is 236 g/mol. The van der Waals surface area contributed by atoms with Gasteiger partial charge in [-0.3, -0.25) is 4.79 Å². The van der Waals surface area contributed by atoms with Gasteiger partial charge in [0.15, 0.2) is 0 Å². The highest BCUT2D eigenvalue weighted by Gasteiger charge is 2.33. The SMILES string of the molecule is CC(C)(C)N(CC(=O)O)C(=O)N1CCC(O)CC1. The van der Waals surface area contributed by atoms with Crippen LogP contribution in [0.1, 0.15) is 33.6 Å². The first-order valence-corrected chi connectivity index (χ1v) is 6.18. The zero-order chi connectivity index (χ0) is 13.9. The van der Waals surface area contributed by atoms with Gasteiger partial charge in [-0.05, 0) is 33.6 Å². The van der Waals surface area contributed by atoms with Crippen molar-refractivity contribution in [2.75, 3.05) is 19.6 Å². The van der Waals surface area contributed by atoms with E-state index in [1.807, 2.05) is 20.8 Å². The summed E-state index contributed by atoms with van der Waals surface area (Å²) in [5, 5.41) is 18.3. The molecule has 1 aliphatic heterocycles. The zero-order valence-corrected chi connectivity index (χ0v) is 11.2. The standard InChI is InChI=1S/C12H22N2O4/c1-12(2,3)14(8-10(16)17)11(18)13-6-4-9(15)5-7-13/h9,15H,4-8H2,1-3H3,(H,16,17). The third kappa shape index (κ3) is 3.87. The lowest BCUT2D eigenvalue weighted by Crippen LogP contribution is -2.55. The summed E-state index contributed by atoms with van der Waals surface area (Å²) in [5.41, 5.74) is -0.536. The molecule has 0 bridgehead atoms. The van der Waals surface area contributed by atoms with Crippen LogP contribution < -0.4 is 0 Å². The van der Waals surface area contributed by atoms with E-state index in [0.29, 0.717) is 25.9 Å². The number of carboxylic acid groups (broad SMARTS) is 1. The monoisotopic (exact) mass is 258 g/mol. The molecule has 6 nitrogen and oxygen atoms in total. The number of hydrogen-bond donors (Lipinski definition) is 2. The number of rotatable bonds is 2. The van der Waals surface area contributed by atoms with Crippen molar-refractivity contribution in [3.8, 4) is 0 Å². The van der Waals surface area contributed by atoms with Gasteiger partial charge in [0.1, 0.15) is 6.54 Å². The number of likely N-dealkylation sites (tertiary alicyclic amines) is 1. The van der Waals surface area contributed by atoms with Gasteiger partial charge in [-0.25, -0.2) is 4.79 Å². The van der Waals surface area contributed by atoms with Crippen molar-refractivity contribution in [1.29, 1.82) is 0 Å². The first-order valence-electron chi connectivity index (χ1n) is 6.18. The Morgan fingerprint density at radius 3 is 2.17 bits per heavy atom. The van der Waals surface area contributed by atoms with Crippen LogP contribution in [0.3, 0.4) is 0 Å². The third-order valence-electron chi connectivity index (χ3n) is 3.07. The maximum absolute atomic E-state index is 12.3. The number of urea groups is 1. The zero-order valence-electron chi connectivity index (χ0n) is 11.2. The van der Waals surface area contributed by atoms with Gasteiger partial charge in [0.2, 0.25) is 0 Å². The van der Waals surface area contributed by atoms with Crippen molar-refractivity contribution in [3.05, 3.63) is 0 Å². The van der Waals surface area contributed by atoms with E-state index in [-0.39, 0.29) is 18.7 Å². The van der Waals surface area contributed by atoms with E-state index in [1.165, 1.54) is 4.90 Å². The molecule has 0 aromatic rings. The minimum atomic E-state index is -1.02. The Bertz CT molecular complexity index is 317. The summed E-state index contributed by atoms with van der Waals surface area (Å²) in [6.45, 7) is 6.09. The van der Waals surface area contributed by atoms with Gasteiger partial charge in [-0.1, -0.05) is 0 Å². The molecule has 0 radical (unpaired) electrons. The number of hydrogen-bond acceptors (Lipinski definition) is 3. The Hall–Kier alpha value is -1.30. The van der Waals surface area contributed by atoms with Crippen LogP contribution in [0.25, 0.3) is 0 Å².